The topological polar surface area (TPSA) is 48.1 Å². The highest BCUT2D eigenvalue weighted by Gasteiger charge is 2.09. The Morgan fingerprint density at radius 2 is 2.25 bits per heavy atom. The summed E-state index contributed by atoms with van der Waals surface area (Å²) >= 11 is 1.61. The SMILES string of the molecule is COc1cc(C)ccc1-c1ncc(CN)s1. The standard InChI is InChI=1S/C12H14N2OS/c1-8-3-4-10(11(5-8)15-2)12-14-7-9(6-13)16-12/h3-5,7H,6,13H2,1-2H3. The smallest absolute Gasteiger partial charge is 0.129 e. The predicted octanol–water partition coefficient (Wildman–Crippen LogP) is 2.59. The maximum Gasteiger partial charge on any atom is 0.129 e. The minimum atomic E-state index is 0.534. The van der Waals surface area contributed by atoms with E-state index in [1.165, 1.54) is 5.56 Å². The minimum absolute atomic E-state index is 0.534. The number of ether oxygens (including phenoxy) is 1. The summed E-state index contributed by atoms with van der Waals surface area (Å²) in [5.41, 5.74) is 7.78. The van der Waals surface area contributed by atoms with Gasteiger partial charge in [-0.2, -0.15) is 0 Å². The fourth-order valence-corrected chi connectivity index (χ4v) is 2.32. The summed E-state index contributed by atoms with van der Waals surface area (Å²) in [6.07, 6.45) is 1.82. The molecule has 1 aromatic heterocycles. The maximum absolute atomic E-state index is 5.58. The zero-order chi connectivity index (χ0) is 11.5. The van der Waals surface area contributed by atoms with Gasteiger partial charge >= 0.3 is 0 Å². The van der Waals surface area contributed by atoms with Gasteiger partial charge in [0.1, 0.15) is 10.8 Å². The van der Waals surface area contributed by atoms with E-state index in [9.17, 15) is 0 Å². The Hall–Kier alpha value is -1.39. The van der Waals surface area contributed by atoms with Gasteiger partial charge in [-0.1, -0.05) is 6.07 Å². The second-order valence-electron chi connectivity index (χ2n) is 3.54. The maximum atomic E-state index is 5.58. The summed E-state index contributed by atoms with van der Waals surface area (Å²) in [6.45, 7) is 2.57. The fourth-order valence-electron chi connectivity index (χ4n) is 1.50. The van der Waals surface area contributed by atoms with E-state index < -0.39 is 0 Å². The third-order valence-corrected chi connectivity index (χ3v) is 3.40. The number of thiazole rings is 1. The van der Waals surface area contributed by atoms with E-state index in [0.29, 0.717) is 6.54 Å². The second-order valence-corrected chi connectivity index (χ2v) is 4.65. The third kappa shape index (κ3) is 2.08. The van der Waals surface area contributed by atoms with Crippen molar-refractivity contribution in [1.29, 1.82) is 0 Å². The van der Waals surface area contributed by atoms with Gasteiger partial charge < -0.3 is 10.5 Å². The monoisotopic (exact) mass is 234 g/mol. The van der Waals surface area contributed by atoms with Crippen molar-refractivity contribution in [2.24, 2.45) is 5.73 Å². The summed E-state index contributed by atoms with van der Waals surface area (Å²) in [5, 5.41) is 0.956. The van der Waals surface area contributed by atoms with Crippen LogP contribution in [-0.4, -0.2) is 12.1 Å². The lowest BCUT2D eigenvalue weighted by Gasteiger charge is -2.06. The van der Waals surface area contributed by atoms with Crippen molar-refractivity contribution in [2.45, 2.75) is 13.5 Å². The number of aromatic nitrogens is 1. The number of benzene rings is 1. The van der Waals surface area contributed by atoms with Gasteiger partial charge in [0.25, 0.3) is 0 Å². The van der Waals surface area contributed by atoms with Crippen LogP contribution in [0.2, 0.25) is 0 Å². The van der Waals surface area contributed by atoms with Crippen molar-refractivity contribution >= 4 is 11.3 Å². The number of hydrogen-bond acceptors (Lipinski definition) is 4. The average Bonchev–Trinajstić information content (AvgIpc) is 2.77. The molecule has 0 fully saturated rings. The number of aryl methyl sites for hydroxylation is 1. The molecule has 0 saturated carbocycles. The van der Waals surface area contributed by atoms with Crippen LogP contribution in [0.25, 0.3) is 10.6 Å². The molecule has 0 amide bonds. The Morgan fingerprint density at radius 1 is 1.44 bits per heavy atom. The lowest BCUT2D eigenvalue weighted by atomic mass is 10.1. The first-order valence-corrected chi connectivity index (χ1v) is 5.86. The summed E-state index contributed by atoms with van der Waals surface area (Å²) in [5.74, 6) is 0.859. The molecule has 1 aromatic carbocycles. The molecule has 0 aliphatic carbocycles. The van der Waals surface area contributed by atoms with Crippen molar-refractivity contribution in [1.82, 2.24) is 4.98 Å². The molecule has 16 heavy (non-hydrogen) atoms. The molecule has 0 aliphatic rings. The molecule has 84 valence electrons. The Balaban J connectivity index is 2.46. The van der Waals surface area contributed by atoms with E-state index in [-0.39, 0.29) is 0 Å². The summed E-state index contributed by atoms with van der Waals surface area (Å²) < 4.78 is 5.36. The van der Waals surface area contributed by atoms with Crippen LogP contribution >= 0.6 is 11.3 Å². The Morgan fingerprint density at radius 3 is 2.88 bits per heavy atom. The van der Waals surface area contributed by atoms with Crippen LogP contribution < -0.4 is 10.5 Å². The molecule has 0 unspecified atom stereocenters. The molecule has 0 aliphatic heterocycles. The number of hydrogen-bond donors (Lipinski definition) is 1. The van der Waals surface area contributed by atoms with Gasteiger partial charge in [0.15, 0.2) is 0 Å². The van der Waals surface area contributed by atoms with Crippen LogP contribution in [0.4, 0.5) is 0 Å². The van der Waals surface area contributed by atoms with Gasteiger partial charge in [-0.25, -0.2) is 4.98 Å². The van der Waals surface area contributed by atoms with Gasteiger partial charge in [0.2, 0.25) is 0 Å². The molecule has 2 rings (SSSR count). The molecular weight excluding hydrogens is 220 g/mol. The average molecular weight is 234 g/mol. The van der Waals surface area contributed by atoms with Crippen LogP contribution in [0, 0.1) is 6.92 Å². The van der Waals surface area contributed by atoms with E-state index in [0.717, 1.165) is 21.2 Å². The van der Waals surface area contributed by atoms with E-state index in [1.54, 1.807) is 18.4 Å². The van der Waals surface area contributed by atoms with Gasteiger partial charge in [-0.3, -0.25) is 0 Å². The van der Waals surface area contributed by atoms with Crippen LogP contribution in [0.5, 0.6) is 5.75 Å². The molecule has 0 saturated heterocycles. The van der Waals surface area contributed by atoms with Crippen LogP contribution in [-0.2, 0) is 6.54 Å². The molecule has 2 aromatic rings. The highest BCUT2D eigenvalue weighted by Crippen LogP contribution is 2.33. The zero-order valence-electron chi connectivity index (χ0n) is 9.36. The lowest BCUT2D eigenvalue weighted by molar-refractivity contribution is 0.416. The lowest BCUT2D eigenvalue weighted by Crippen LogP contribution is -1.91. The van der Waals surface area contributed by atoms with Gasteiger partial charge in [0.05, 0.1) is 12.7 Å². The molecule has 1 heterocycles. The Bertz CT molecular complexity index is 494. The molecule has 0 spiro atoms. The van der Waals surface area contributed by atoms with Crippen LogP contribution in [0.15, 0.2) is 24.4 Å². The van der Waals surface area contributed by atoms with Crippen molar-refractivity contribution in [3.8, 4) is 16.3 Å². The summed E-state index contributed by atoms with van der Waals surface area (Å²) in [7, 11) is 1.68. The van der Waals surface area contributed by atoms with E-state index >= 15 is 0 Å². The molecule has 0 atom stereocenters. The predicted molar refractivity (Wildman–Crippen MR) is 66.7 cm³/mol. The fraction of sp³-hybridized carbons (Fsp3) is 0.250. The number of nitrogens with two attached hydrogens (primary N) is 1. The first-order chi connectivity index (χ1) is 7.74. The Labute approximate surface area is 98.9 Å². The second kappa shape index (κ2) is 4.63. The van der Waals surface area contributed by atoms with Gasteiger partial charge in [-0.15, -0.1) is 11.3 Å². The van der Waals surface area contributed by atoms with Gasteiger partial charge in [0, 0.05) is 17.6 Å². The van der Waals surface area contributed by atoms with Crippen molar-refractivity contribution in [2.75, 3.05) is 7.11 Å². The van der Waals surface area contributed by atoms with Crippen molar-refractivity contribution < 1.29 is 4.74 Å². The zero-order valence-corrected chi connectivity index (χ0v) is 10.2. The molecule has 4 heteroatoms. The van der Waals surface area contributed by atoms with Crippen molar-refractivity contribution in [3.63, 3.8) is 0 Å². The molecule has 2 N–H and O–H groups in total. The number of methoxy groups -OCH3 is 1. The highest BCUT2D eigenvalue weighted by molar-refractivity contribution is 7.15. The van der Waals surface area contributed by atoms with E-state index in [2.05, 4.69) is 11.1 Å². The largest absolute Gasteiger partial charge is 0.496 e. The van der Waals surface area contributed by atoms with Crippen LogP contribution in [0.1, 0.15) is 10.4 Å². The quantitative estimate of drug-likeness (QED) is 0.888. The molecule has 3 nitrogen and oxygen atoms in total. The molecule has 0 bridgehead atoms. The third-order valence-electron chi connectivity index (χ3n) is 2.34. The van der Waals surface area contributed by atoms with Crippen molar-refractivity contribution in [3.05, 3.63) is 34.8 Å². The van der Waals surface area contributed by atoms with Gasteiger partial charge in [-0.05, 0) is 24.6 Å². The van der Waals surface area contributed by atoms with E-state index in [1.807, 2.05) is 25.3 Å². The first-order valence-electron chi connectivity index (χ1n) is 5.04. The molecular formula is C12H14N2OS. The van der Waals surface area contributed by atoms with Crippen LogP contribution in [0.3, 0.4) is 0 Å². The Kier molecular flexibility index (Phi) is 3.22. The summed E-state index contributed by atoms with van der Waals surface area (Å²) in [4.78, 5) is 5.44. The number of nitrogens with zero attached hydrogens (tertiary/aromatic N) is 1. The highest BCUT2D eigenvalue weighted by atomic mass is 32.1. The molecule has 0 radical (unpaired) electrons. The normalized spacial score (nSPS) is 10.4. The first kappa shape index (κ1) is 11.1. The van der Waals surface area contributed by atoms with E-state index in [4.69, 9.17) is 10.5 Å². The minimum Gasteiger partial charge on any atom is -0.496 e. The number of rotatable bonds is 3. The summed E-state index contributed by atoms with van der Waals surface area (Å²) in [6, 6.07) is 6.10.